The number of nitrogens with zero attached hydrogens (tertiary/aromatic N) is 1. The molecule has 1 fully saturated rings. The van der Waals surface area contributed by atoms with Gasteiger partial charge in [-0.3, -0.25) is 9.59 Å². The summed E-state index contributed by atoms with van der Waals surface area (Å²) in [6.07, 6.45) is 1.22. The van der Waals surface area contributed by atoms with Gasteiger partial charge < -0.3 is 14.6 Å². The number of aryl methyl sites for hydroxylation is 1. The highest BCUT2D eigenvalue weighted by Gasteiger charge is 2.29. The number of rotatable bonds is 5. The average Bonchev–Trinajstić information content (AvgIpc) is 3.24. The number of ether oxygens (including phenoxy) is 1. The third kappa shape index (κ3) is 3.85. The van der Waals surface area contributed by atoms with Gasteiger partial charge in [0.2, 0.25) is 0 Å². The fourth-order valence-corrected chi connectivity index (χ4v) is 3.74. The molecule has 144 valence electrons. The highest BCUT2D eigenvalue weighted by Crippen LogP contribution is 2.20. The van der Waals surface area contributed by atoms with Gasteiger partial charge in [-0.15, -0.1) is 0 Å². The van der Waals surface area contributed by atoms with E-state index in [0.717, 1.165) is 34.9 Å². The van der Waals surface area contributed by atoms with E-state index in [2.05, 4.69) is 4.98 Å². The van der Waals surface area contributed by atoms with Crippen LogP contribution in [0.15, 0.2) is 59.4 Å². The maximum atomic E-state index is 13.1. The lowest BCUT2D eigenvalue weighted by molar-refractivity contribution is -0.142. The molecule has 2 aromatic carbocycles. The molecule has 0 saturated carbocycles. The number of fused-ring (bicyclic) bond motifs is 1. The number of carbonyl (C=O) groups excluding carboxylic acids is 1. The summed E-state index contributed by atoms with van der Waals surface area (Å²) in [6, 6.07) is 17.7. The van der Waals surface area contributed by atoms with Crippen molar-refractivity contribution in [3.63, 3.8) is 0 Å². The highest BCUT2D eigenvalue weighted by atomic mass is 16.5. The van der Waals surface area contributed by atoms with Crippen LogP contribution in [0.25, 0.3) is 10.9 Å². The van der Waals surface area contributed by atoms with Crippen molar-refractivity contribution in [2.75, 3.05) is 6.61 Å². The van der Waals surface area contributed by atoms with E-state index in [1.54, 1.807) is 4.90 Å². The largest absolute Gasteiger partial charge is 0.368 e. The molecule has 1 unspecified atom stereocenters. The molecular weight excluding hydrogens is 352 g/mol. The summed E-state index contributed by atoms with van der Waals surface area (Å²) < 4.78 is 5.61. The maximum absolute atomic E-state index is 13.1. The van der Waals surface area contributed by atoms with Crippen molar-refractivity contribution in [3.8, 4) is 0 Å². The summed E-state index contributed by atoms with van der Waals surface area (Å²) in [7, 11) is 0. The smallest absolute Gasteiger partial charge is 0.253 e. The first-order chi connectivity index (χ1) is 13.6. The van der Waals surface area contributed by atoms with Crippen LogP contribution in [-0.4, -0.2) is 28.5 Å². The summed E-state index contributed by atoms with van der Waals surface area (Å²) in [5.41, 5.74) is 3.33. The number of aromatic nitrogens is 1. The lowest BCUT2D eigenvalue weighted by atomic mass is 10.1. The highest BCUT2D eigenvalue weighted by molar-refractivity contribution is 5.83. The van der Waals surface area contributed by atoms with Crippen molar-refractivity contribution in [2.24, 2.45) is 0 Å². The van der Waals surface area contributed by atoms with E-state index in [4.69, 9.17) is 4.74 Å². The van der Waals surface area contributed by atoms with E-state index in [0.29, 0.717) is 18.7 Å². The fraction of sp³-hybridized carbons (Fsp3) is 0.304. The van der Waals surface area contributed by atoms with Crippen molar-refractivity contribution in [2.45, 2.75) is 39.0 Å². The topological polar surface area (TPSA) is 62.4 Å². The molecule has 3 aromatic rings. The zero-order chi connectivity index (χ0) is 19.5. The number of aromatic amines is 1. The Hall–Kier alpha value is -2.92. The van der Waals surface area contributed by atoms with Crippen molar-refractivity contribution in [1.29, 1.82) is 0 Å². The van der Waals surface area contributed by atoms with Crippen LogP contribution < -0.4 is 5.56 Å². The van der Waals surface area contributed by atoms with Gasteiger partial charge in [-0.25, -0.2) is 0 Å². The predicted molar refractivity (Wildman–Crippen MR) is 109 cm³/mol. The molecule has 0 radical (unpaired) electrons. The third-order valence-corrected chi connectivity index (χ3v) is 5.26. The number of para-hydroxylation sites is 1. The summed E-state index contributed by atoms with van der Waals surface area (Å²) in [4.78, 5) is 30.5. The molecule has 1 aliphatic rings. The van der Waals surface area contributed by atoms with E-state index >= 15 is 0 Å². The van der Waals surface area contributed by atoms with Gasteiger partial charge >= 0.3 is 0 Å². The second-order valence-electron chi connectivity index (χ2n) is 7.34. The molecule has 1 aliphatic heterocycles. The van der Waals surface area contributed by atoms with Gasteiger partial charge in [0.05, 0.1) is 12.1 Å². The molecule has 0 bridgehead atoms. The number of H-pyrrole nitrogens is 1. The monoisotopic (exact) mass is 376 g/mol. The Morgan fingerprint density at radius 3 is 2.71 bits per heavy atom. The SMILES string of the molecule is Cc1cccc2cc(CN(Cc3ccccc3)C(=O)C3CCCO3)c(=O)[nH]c12. The number of carbonyl (C=O) groups is 1. The zero-order valence-electron chi connectivity index (χ0n) is 16.0. The van der Waals surface area contributed by atoms with Crippen molar-refractivity contribution < 1.29 is 9.53 Å². The summed E-state index contributed by atoms with van der Waals surface area (Å²) in [5, 5.41) is 0.971. The Labute approximate surface area is 163 Å². The molecule has 0 aliphatic carbocycles. The molecule has 2 heterocycles. The molecular formula is C23H24N2O3. The first kappa shape index (κ1) is 18.4. The van der Waals surface area contributed by atoms with E-state index in [-0.39, 0.29) is 18.0 Å². The van der Waals surface area contributed by atoms with Gasteiger partial charge in [-0.05, 0) is 42.3 Å². The van der Waals surface area contributed by atoms with Crippen LogP contribution in [0, 0.1) is 6.92 Å². The minimum Gasteiger partial charge on any atom is -0.368 e. The van der Waals surface area contributed by atoms with Crippen LogP contribution >= 0.6 is 0 Å². The third-order valence-electron chi connectivity index (χ3n) is 5.26. The summed E-state index contributed by atoms with van der Waals surface area (Å²) >= 11 is 0. The molecule has 1 aromatic heterocycles. The Morgan fingerprint density at radius 1 is 1.14 bits per heavy atom. The van der Waals surface area contributed by atoms with E-state index in [1.165, 1.54) is 0 Å². The Balaban J connectivity index is 1.66. The Kier molecular flexibility index (Phi) is 5.26. The number of amides is 1. The number of hydrogen-bond acceptors (Lipinski definition) is 3. The van der Waals surface area contributed by atoms with Crippen LogP contribution in [0.4, 0.5) is 0 Å². The standard InChI is InChI=1S/C23H24N2O3/c1-16-7-5-10-18-13-19(22(26)24-21(16)18)15-25(14-17-8-3-2-4-9-17)23(27)20-11-6-12-28-20/h2-5,7-10,13,20H,6,11-12,14-15H2,1H3,(H,24,26). The lowest BCUT2D eigenvalue weighted by Crippen LogP contribution is -2.39. The first-order valence-corrected chi connectivity index (χ1v) is 9.67. The molecule has 0 spiro atoms. The van der Waals surface area contributed by atoms with Gasteiger partial charge in [0.1, 0.15) is 6.10 Å². The number of hydrogen-bond donors (Lipinski definition) is 1. The van der Waals surface area contributed by atoms with Crippen LogP contribution in [0.2, 0.25) is 0 Å². The van der Waals surface area contributed by atoms with E-state index in [9.17, 15) is 9.59 Å². The van der Waals surface area contributed by atoms with Crippen molar-refractivity contribution in [3.05, 3.63) is 81.6 Å². The second kappa shape index (κ2) is 7.98. The quantitative estimate of drug-likeness (QED) is 0.741. The normalized spacial score (nSPS) is 16.4. The van der Waals surface area contributed by atoms with Gasteiger partial charge in [-0.2, -0.15) is 0 Å². The minimum atomic E-state index is -0.412. The number of benzene rings is 2. The fourth-order valence-electron chi connectivity index (χ4n) is 3.74. The molecule has 5 heteroatoms. The van der Waals surface area contributed by atoms with Crippen LogP contribution in [0.5, 0.6) is 0 Å². The summed E-state index contributed by atoms with van der Waals surface area (Å²) in [6.45, 7) is 3.30. The molecule has 4 rings (SSSR count). The number of pyridine rings is 1. The lowest BCUT2D eigenvalue weighted by Gasteiger charge is -2.25. The minimum absolute atomic E-state index is 0.0508. The molecule has 5 nitrogen and oxygen atoms in total. The Morgan fingerprint density at radius 2 is 1.96 bits per heavy atom. The van der Waals surface area contributed by atoms with Gasteiger partial charge in [-0.1, -0.05) is 48.5 Å². The van der Waals surface area contributed by atoms with E-state index in [1.807, 2.05) is 61.5 Å². The van der Waals surface area contributed by atoms with Crippen LogP contribution in [-0.2, 0) is 22.6 Å². The van der Waals surface area contributed by atoms with Crippen molar-refractivity contribution in [1.82, 2.24) is 9.88 Å². The average molecular weight is 376 g/mol. The van der Waals surface area contributed by atoms with Crippen LogP contribution in [0.1, 0.15) is 29.5 Å². The maximum Gasteiger partial charge on any atom is 0.253 e. The second-order valence-corrected chi connectivity index (χ2v) is 7.34. The first-order valence-electron chi connectivity index (χ1n) is 9.67. The predicted octanol–water partition coefficient (Wildman–Crippen LogP) is 3.54. The molecule has 28 heavy (non-hydrogen) atoms. The van der Waals surface area contributed by atoms with Gasteiger partial charge in [0.25, 0.3) is 11.5 Å². The summed E-state index contributed by atoms with van der Waals surface area (Å²) in [5.74, 6) is -0.0508. The van der Waals surface area contributed by atoms with Crippen molar-refractivity contribution >= 4 is 16.8 Å². The zero-order valence-corrected chi connectivity index (χ0v) is 16.0. The molecule has 1 saturated heterocycles. The Bertz CT molecular complexity index is 1040. The van der Waals surface area contributed by atoms with Crippen LogP contribution in [0.3, 0.4) is 0 Å². The van der Waals surface area contributed by atoms with E-state index < -0.39 is 6.10 Å². The van der Waals surface area contributed by atoms with Gasteiger partial charge in [0, 0.05) is 18.7 Å². The van der Waals surface area contributed by atoms with Gasteiger partial charge in [0.15, 0.2) is 0 Å². The molecule has 1 amide bonds. The number of nitrogens with one attached hydrogen (secondary N) is 1. The molecule has 1 N–H and O–H groups in total. The molecule has 1 atom stereocenters.